The number of benzene rings is 1. The smallest absolute Gasteiger partial charge is 0.490 e. The monoisotopic (exact) mass is 500 g/mol. The molecule has 9 nitrogen and oxygen atoms in total. The lowest BCUT2D eigenvalue weighted by Crippen LogP contribution is -2.42. The molecule has 0 radical (unpaired) electrons. The zero-order chi connectivity index (χ0) is 25.1. The maximum Gasteiger partial charge on any atom is 0.490 e. The quantitative estimate of drug-likeness (QED) is 0.492. The number of fused-ring (bicyclic) bond motifs is 1. The van der Waals surface area contributed by atoms with Crippen LogP contribution in [0.25, 0.3) is 22.4 Å². The van der Waals surface area contributed by atoms with Crippen LogP contribution >= 0.6 is 11.6 Å². The molecule has 4 N–H and O–H groups in total. The van der Waals surface area contributed by atoms with E-state index in [1.54, 1.807) is 13.2 Å². The summed E-state index contributed by atoms with van der Waals surface area (Å²) in [6.07, 6.45) is -1.15. The van der Waals surface area contributed by atoms with Crippen molar-refractivity contribution < 1.29 is 27.8 Å². The van der Waals surface area contributed by atoms with Gasteiger partial charge in [-0.2, -0.15) is 18.3 Å². The Kier molecular flexibility index (Phi) is 7.51. The van der Waals surface area contributed by atoms with Gasteiger partial charge in [0.05, 0.1) is 24.0 Å². The standard InChI is InChI=1S/C19H23ClN6O.C2HF3O2/c1-19(11-21)5-7-26(8-6-19)15-10-22-17-16(24-25-18(17)23-15)12-3-4-13(20)14(9-12)27-2;3-2(4,5)1(6)7/h3-4,9-10H,5-8,11,21H2,1-2H3,(H,23,24,25);(H,6,7). The molecule has 34 heavy (non-hydrogen) atoms. The van der Waals surface area contributed by atoms with Crippen molar-refractivity contribution in [3.63, 3.8) is 0 Å². The minimum atomic E-state index is -5.08. The number of aromatic nitrogens is 4. The normalized spacial score (nSPS) is 15.6. The second kappa shape index (κ2) is 10.0. The average Bonchev–Trinajstić information content (AvgIpc) is 3.23. The number of rotatable bonds is 4. The lowest BCUT2D eigenvalue weighted by molar-refractivity contribution is -0.192. The van der Waals surface area contributed by atoms with E-state index in [2.05, 4.69) is 27.0 Å². The van der Waals surface area contributed by atoms with Crippen LogP contribution in [0.15, 0.2) is 24.4 Å². The Morgan fingerprint density at radius 1 is 1.35 bits per heavy atom. The minimum absolute atomic E-state index is 0.223. The van der Waals surface area contributed by atoms with E-state index in [4.69, 9.17) is 37.0 Å². The second-order valence-corrected chi connectivity index (χ2v) is 8.56. The van der Waals surface area contributed by atoms with Crippen molar-refractivity contribution in [1.82, 2.24) is 20.2 Å². The molecule has 0 spiro atoms. The minimum Gasteiger partial charge on any atom is -0.495 e. The van der Waals surface area contributed by atoms with Gasteiger partial charge in [0.25, 0.3) is 0 Å². The molecule has 1 fully saturated rings. The van der Waals surface area contributed by atoms with Gasteiger partial charge in [-0.3, -0.25) is 5.10 Å². The number of piperidine rings is 1. The number of nitrogens with one attached hydrogen (secondary N) is 1. The molecular weight excluding hydrogens is 477 g/mol. The average molecular weight is 501 g/mol. The molecule has 3 aromatic rings. The molecule has 1 saturated heterocycles. The molecule has 0 unspecified atom stereocenters. The Balaban J connectivity index is 0.000000406. The highest BCUT2D eigenvalue weighted by atomic mass is 35.5. The molecule has 1 aliphatic heterocycles. The summed E-state index contributed by atoms with van der Waals surface area (Å²) in [6, 6.07) is 5.57. The molecule has 1 aliphatic rings. The maximum absolute atomic E-state index is 10.6. The number of ether oxygens (including phenoxy) is 1. The van der Waals surface area contributed by atoms with E-state index < -0.39 is 12.1 Å². The number of methoxy groups -OCH3 is 1. The van der Waals surface area contributed by atoms with Crippen LogP contribution in [0.4, 0.5) is 19.0 Å². The third kappa shape index (κ3) is 5.68. The van der Waals surface area contributed by atoms with Crippen molar-refractivity contribution in [2.24, 2.45) is 11.1 Å². The van der Waals surface area contributed by atoms with Gasteiger partial charge in [0.2, 0.25) is 5.65 Å². The van der Waals surface area contributed by atoms with Crippen LogP contribution in [0.3, 0.4) is 0 Å². The fourth-order valence-corrected chi connectivity index (χ4v) is 3.63. The lowest BCUT2D eigenvalue weighted by atomic mass is 9.80. The summed E-state index contributed by atoms with van der Waals surface area (Å²) >= 11 is 6.12. The number of H-pyrrole nitrogens is 1. The van der Waals surface area contributed by atoms with Gasteiger partial charge in [0.15, 0.2) is 0 Å². The van der Waals surface area contributed by atoms with Gasteiger partial charge in [-0.15, -0.1) is 0 Å². The Bertz CT molecular complexity index is 1160. The van der Waals surface area contributed by atoms with Gasteiger partial charge in [-0.05, 0) is 36.9 Å². The van der Waals surface area contributed by atoms with Crippen molar-refractivity contribution in [3.05, 3.63) is 29.4 Å². The fraction of sp³-hybridized carbons (Fsp3) is 0.429. The van der Waals surface area contributed by atoms with Crippen LogP contribution in [-0.2, 0) is 4.79 Å². The molecule has 0 saturated carbocycles. The number of carbonyl (C=O) groups is 1. The molecule has 1 aromatic carbocycles. The van der Waals surface area contributed by atoms with E-state index >= 15 is 0 Å². The molecule has 3 heterocycles. The van der Waals surface area contributed by atoms with E-state index in [-0.39, 0.29) is 5.41 Å². The number of anilines is 1. The number of hydrogen-bond acceptors (Lipinski definition) is 7. The number of alkyl halides is 3. The third-order valence-corrected chi connectivity index (χ3v) is 6.03. The van der Waals surface area contributed by atoms with E-state index in [9.17, 15) is 13.2 Å². The van der Waals surface area contributed by atoms with Crippen LogP contribution in [0.1, 0.15) is 19.8 Å². The van der Waals surface area contributed by atoms with Crippen molar-refractivity contribution in [1.29, 1.82) is 0 Å². The molecule has 184 valence electrons. The van der Waals surface area contributed by atoms with E-state index in [0.717, 1.165) is 55.1 Å². The van der Waals surface area contributed by atoms with Gasteiger partial charge in [0, 0.05) is 18.7 Å². The molecule has 0 bridgehead atoms. The number of aromatic amines is 1. The third-order valence-electron chi connectivity index (χ3n) is 5.72. The predicted octanol–water partition coefficient (Wildman–Crippen LogP) is 3.88. The number of nitrogens with two attached hydrogens (primary N) is 1. The molecule has 0 amide bonds. The zero-order valence-corrected chi connectivity index (χ0v) is 19.2. The van der Waals surface area contributed by atoms with Crippen molar-refractivity contribution >= 4 is 34.6 Å². The molecule has 2 aromatic heterocycles. The Morgan fingerprint density at radius 2 is 2.00 bits per heavy atom. The van der Waals surface area contributed by atoms with Crippen molar-refractivity contribution in [3.8, 4) is 17.0 Å². The van der Waals surface area contributed by atoms with Gasteiger partial charge >= 0.3 is 12.1 Å². The number of aliphatic carboxylic acids is 1. The maximum atomic E-state index is 10.6. The first-order valence-corrected chi connectivity index (χ1v) is 10.7. The number of nitrogens with zero attached hydrogens (tertiary/aromatic N) is 4. The van der Waals surface area contributed by atoms with Crippen LogP contribution in [0.5, 0.6) is 5.75 Å². The summed E-state index contributed by atoms with van der Waals surface area (Å²) in [5.74, 6) is -1.29. The van der Waals surface area contributed by atoms with Crippen LogP contribution in [-0.4, -0.2) is 64.2 Å². The largest absolute Gasteiger partial charge is 0.495 e. The topological polar surface area (TPSA) is 130 Å². The van der Waals surface area contributed by atoms with Crippen molar-refractivity contribution in [2.75, 3.05) is 31.6 Å². The summed E-state index contributed by atoms with van der Waals surface area (Å²) in [7, 11) is 1.59. The number of halogens is 4. The van der Waals surface area contributed by atoms with Gasteiger partial charge in [0.1, 0.15) is 17.1 Å². The number of carboxylic acids is 1. The summed E-state index contributed by atoms with van der Waals surface area (Å²) in [5.41, 5.74) is 9.16. The summed E-state index contributed by atoms with van der Waals surface area (Å²) < 4.78 is 37.0. The van der Waals surface area contributed by atoms with Gasteiger partial charge < -0.3 is 20.5 Å². The van der Waals surface area contributed by atoms with Crippen molar-refractivity contribution in [2.45, 2.75) is 25.9 Å². The van der Waals surface area contributed by atoms with Crippen LogP contribution in [0.2, 0.25) is 5.02 Å². The first-order valence-electron chi connectivity index (χ1n) is 10.3. The Hall–Kier alpha value is -3.12. The number of carboxylic acid groups (broad SMARTS) is 1. The first-order chi connectivity index (χ1) is 16.0. The van der Waals surface area contributed by atoms with E-state index in [0.29, 0.717) is 16.4 Å². The van der Waals surface area contributed by atoms with E-state index in [1.807, 2.05) is 18.3 Å². The molecule has 0 atom stereocenters. The van der Waals surface area contributed by atoms with Crippen LogP contribution in [0, 0.1) is 5.41 Å². The lowest BCUT2D eigenvalue weighted by Gasteiger charge is -2.39. The highest BCUT2D eigenvalue weighted by Gasteiger charge is 2.38. The highest BCUT2D eigenvalue weighted by molar-refractivity contribution is 6.32. The molecule has 0 aliphatic carbocycles. The predicted molar refractivity (Wildman–Crippen MR) is 121 cm³/mol. The Labute approximate surface area is 198 Å². The highest BCUT2D eigenvalue weighted by Crippen LogP contribution is 2.34. The van der Waals surface area contributed by atoms with E-state index in [1.165, 1.54) is 0 Å². The summed E-state index contributed by atoms with van der Waals surface area (Å²) in [6.45, 7) is 4.83. The summed E-state index contributed by atoms with van der Waals surface area (Å²) in [4.78, 5) is 20.5. The molecule has 13 heteroatoms. The van der Waals surface area contributed by atoms with Crippen LogP contribution < -0.4 is 15.4 Å². The summed E-state index contributed by atoms with van der Waals surface area (Å²) in [5, 5.41) is 15.1. The van der Waals surface area contributed by atoms with Gasteiger partial charge in [-0.1, -0.05) is 24.6 Å². The zero-order valence-electron chi connectivity index (χ0n) is 18.5. The fourth-order valence-electron chi connectivity index (χ4n) is 3.44. The molecular formula is C21H24ClF3N6O3. The SMILES string of the molecule is COc1cc(-c2[nH]nc3nc(N4CCC(C)(CN)CC4)cnc23)ccc1Cl.O=C(O)C(F)(F)F. The second-order valence-electron chi connectivity index (χ2n) is 8.15. The number of hydrogen-bond donors (Lipinski definition) is 3. The van der Waals surface area contributed by atoms with Gasteiger partial charge in [-0.25, -0.2) is 14.8 Å². The first kappa shape index (κ1) is 25.5. The Morgan fingerprint density at radius 3 is 2.56 bits per heavy atom. The molecule has 4 rings (SSSR count).